The normalized spacial score (nSPS) is 14.3. The van der Waals surface area contributed by atoms with E-state index in [1.165, 1.54) is 38.2 Å². The van der Waals surface area contributed by atoms with Gasteiger partial charge in [0.2, 0.25) is 15.9 Å². The molecule has 0 fully saturated rings. The van der Waals surface area contributed by atoms with Gasteiger partial charge in [0.25, 0.3) is 5.91 Å². The van der Waals surface area contributed by atoms with Crippen LogP contribution < -0.4 is 15.8 Å². The van der Waals surface area contributed by atoms with Crippen molar-refractivity contribution >= 4 is 21.8 Å². The molecule has 1 aromatic carbocycles. The monoisotopic (exact) mass is 341 g/mol. The number of amides is 2. The number of carbonyl (C=O) groups is 2. The predicted octanol–water partition coefficient (Wildman–Crippen LogP) is 0.615. The lowest BCUT2D eigenvalue weighted by Gasteiger charge is -2.28. The minimum atomic E-state index is -3.94. The summed E-state index contributed by atoms with van der Waals surface area (Å²) in [4.78, 5) is 23.1. The molecule has 0 spiro atoms. The Hall–Kier alpha value is -1.93. The van der Waals surface area contributed by atoms with Gasteiger partial charge < -0.3 is 11.1 Å². The first-order valence-electron chi connectivity index (χ1n) is 7.18. The van der Waals surface area contributed by atoms with E-state index >= 15 is 0 Å². The first kappa shape index (κ1) is 19.1. The number of rotatable bonds is 7. The standard InChI is InChI=1S/C15H23N3O4S/c1-10(2)9-15(3,14(16)20)18-23(21,22)12-7-5-11(6-8-12)13(19)17-4/h5-8,10,18H,9H2,1-4H3,(H2,16,20)(H,17,19). The first-order valence-corrected chi connectivity index (χ1v) is 8.66. The van der Waals surface area contributed by atoms with Gasteiger partial charge in [-0.05, 0) is 43.5 Å². The SMILES string of the molecule is CNC(=O)c1ccc(S(=O)(=O)NC(C)(CC(C)C)C(N)=O)cc1. The van der Waals surface area contributed by atoms with Crippen molar-refractivity contribution in [1.29, 1.82) is 0 Å². The summed E-state index contributed by atoms with van der Waals surface area (Å²) in [6, 6.07) is 5.42. The van der Waals surface area contributed by atoms with Crippen LogP contribution in [0.5, 0.6) is 0 Å². The molecule has 0 saturated heterocycles. The van der Waals surface area contributed by atoms with Crippen LogP contribution in [0.15, 0.2) is 29.2 Å². The van der Waals surface area contributed by atoms with Crippen molar-refractivity contribution in [2.45, 2.75) is 37.6 Å². The highest BCUT2D eigenvalue weighted by atomic mass is 32.2. The quantitative estimate of drug-likeness (QED) is 0.673. The highest BCUT2D eigenvalue weighted by Crippen LogP contribution is 2.20. The summed E-state index contributed by atoms with van der Waals surface area (Å²) in [5.41, 5.74) is 4.32. The maximum absolute atomic E-state index is 12.5. The molecule has 7 nitrogen and oxygen atoms in total. The lowest BCUT2D eigenvalue weighted by molar-refractivity contribution is -0.123. The smallest absolute Gasteiger partial charge is 0.251 e. The van der Waals surface area contributed by atoms with E-state index in [0.717, 1.165) is 0 Å². The van der Waals surface area contributed by atoms with Crippen LogP contribution in [0.2, 0.25) is 0 Å². The number of nitrogens with two attached hydrogens (primary N) is 1. The second-order valence-electron chi connectivity index (χ2n) is 6.00. The zero-order chi connectivity index (χ0) is 17.8. The maximum atomic E-state index is 12.5. The summed E-state index contributed by atoms with van der Waals surface area (Å²) in [7, 11) is -2.46. The molecule has 0 radical (unpaired) electrons. The van der Waals surface area contributed by atoms with E-state index in [2.05, 4.69) is 10.0 Å². The number of primary amides is 1. The number of sulfonamides is 1. The van der Waals surface area contributed by atoms with Crippen molar-refractivity contribution in [1.82, 2.24) is 10.0 Å². The Morgan fingerprint density at radius 1 is 1.22 bits per heavy atom. The summed E-state index contributed by atoms with van der Waals surface area (Å²) >= 11 is 0. The molecule has 128 valence electrons. The van der Waals surface area contributed by atoms with Crippen molar-refractivity contribution in [3.8, 4) is 0 Å². The number of carbonyl (C=O) groups excluding carboxylic acids is 2. The third-order valence-electron chi connectivity index (χ3n) is 3.37. The van der Waals surface area contributed by atoms with Crippen LogP contribution in [0.4, 0.5) is 0 Å². The van der Waals surface area contributed by atoms with Gasteiger partial charge in [-0.2, -0.15) is 4.72 Å². The highest BCUT2D eigenvalue weighted by Gasteiger charge is 2.36. The van der Waals surface area contributed by atoms with Crippen molar-refractivity contribution in [2.24, 2.45) is 11.7 Å². The van der Waals surface area contributed by atoms with E-state index in [9.17, 15) is 18.0 Å². The van der Waals surface area contributed by atoms with Crippen LogP contribution in [-0.4, -0.2) is 32.8 Å². The molecule has 1 unspecified atom stereocenters. The number of benzene rings is 1. The Morgan fingerprint density at radius 3 is 2.13 bits per heavy atom. The number of hydrogen-bond donors (Lipinski definition) is 3. The topological polar surface area (TPSA) is 118 Å². The van der Waals surface area contributed by atoms with Gasteiger partial charge >= 0.3 is 0 Å². The third kappa shape index (κ3) is 4.77. The second kappa shape index (κ2) is 7.10. The Bertz CT molecular complexity index is 683. The lowest BCUT2D eigenvalue weighted by atomic mass is 9.91. The largest absolute Gasteiger partial charge is 0.368 e. The Morgan fingerprint density at radius 2 is 1.74 bits per heavy atom. The van der Waals surface area contributed by atoms with Gasteiger partial charge in [0.1, 0.15) is 5.54 Å². The molecule has 0 aliphatic heterocycles. The molecule has 0 saturated carbocycles. The molecule has 1 aromatic rings. The molecule has 0 aliphatic carbocycles. The summed E-state index contributed by atoms with van der Waals surface area (Å²) < 4.78 is 27.3. The fraction of sp³-hybridized carbons (Fsp3) is 0.467. The second-order valence-corrected chi connectivity index (χ2v) is 7.69. The van der Waals surface area contributed by atoms with Crippen molar-refractivity contribution in [3.05, 3.63) is 29.8 Å². The van der Waals surface area contributed by atoms with Crippen molar-refractivity contribution < 1.29 is 18.0 Å². The van der Waals surface area contributed by atoms with E-state index in [-0.39, 0.29) is 23.1 Å². The zero-order valence-electron chi connectivity index (χ0n) is 13.7. The Labute approximate surface area is 136 Å². The van der Waals surface area contributed by atoms with Crippen LogP contribution in [0, 0.1) is 5.92 Å². The van der Waals surface area contributed by atoms with Gasteiger partial charge in [-0.3, -0.25) is 9.59 Å². The van der Waals surface area contributed by atoms with Crippen LogP contribution in [0.1, 0.15) is 37.6 Å². The predicted molar refractivity (Wildman–Crippen MR) is 87.2 cm³/mol. The average Bonchev–Trinajstić information content (AvgIpc) is 2.45. The number of nitrogens with one attached hydrogen (secondary N) is 2. The van der Waals surface area contributed by atoms with Gasteiger partial charge in [-0.15, -0.1) is 0 Å². The van der Waals surface area contributed by atoms with Crippen LogP contribution >= 0.6 is 0 Å². The molecule has 4 N–H and O–H groups in total. The van der Waals surface area contributed by atoms with Crippen molar-refractivity contribution in [2.75, 3.05) is 7.05 Å². The molecule has 0 heterocycles. The van der Waals surface area contributed by atoms with Crippen LogP contribution in [0.3, 0.4) is 0 Å². The summed E-state index contributed by atoms with van der Waals surface area (Å²) in [6.45, 7) is 5.20. The number of hydrogen-bond acceptors (Lipinski definition) is 4. The molecule has 0 aliphatic rings. The minimum absolute atomic E-state index is 0.0404. The van der Waals surface area contributed by atoms with E-state index in [0.29, 0.717) is 5.56 Å². The fourth-order valence-corrected chi connectivity index (χ4v) is 3.68. The minimum Gasteiger partial charge on any atom is -0.368 e. The molecular weight excluding hydrogens is 318 g/mol. The first-order chi connectivity index (χ1) is 10.5. The van der Waals surface area contributed by atoms with Gasteiger partial charge in [0.05, 0.1) is 4.90 Å². The maximum Gasteiger partial charge on any atom is 0.251 e. The van der Waals surface area contributed by atoms with E-state index in [1.54, 1.807) is 0 Å². The van der Waals surface area contributed by atoms with Gasteiger partial charge in [-0.1, -0.05) is 13.8 Å². The summed E-state index contributed by atoms with van der Waals surface area (Å²) in [6.07, 6.45) is 0.276. The summed E-state index contributed by atoms with van der Waals surface area (Å²) in [5.74, 6) is -0.980. The Kier molecular flexibility index (Phi) is 5.90. The molecule has 0 aromatic heterocycles. The van der Waals surface area contributed by atoms with Crippen LogP contribution in [0.25, 0.3) is 0 Å². The third-order valence-corrected chi connectivity index (χ3v) is 4.99. The van der Waals surface area contributed by atoms with Gasteiger partial charge in [0.15, 0.2) is 0 Å². The molecule has 23 heavy (non-hydrogen) atoms. The van der Waals surface area contributed by atoms with E-state index in [1.807, 2.05) is 13.8 Å². The molecular formula is C15H23N3O4S. The van der Waals surface area contributed by atoms with Gasteiger partial charge in [-0.25, -0.2) is 8.42 Å². The van der Waals surface area contributed by atoms with E-state index < -0.39 is 21.5 Å². The molecule has 0 bridgehead atoms. The van der Waals surface area contributed by atoms with E-state index in [4.69, 9.17) is 5.73 Å². The highest BCUT2D eigenvalue weighted by molar-refractivity contribution is 7.89. The lowest BCUT2D eigenvalue weighted by Crippen LogP contribution is -2.55. The molecule has 2 amide bonds. The summed E-state index contributed by atoms with van der Waals surface area (Å²) in [5, 5.41) is 2.45. The Balaban J connectivity index is 3.10. The van der Waals surface area contributed by atoms with Crippen LogP contribution in [-0.2, 0) is 14.8 Å². The molecule has 8 heteroatoms. The molecule has 1 rings (SSSR count). The molecule has 1 atom stereocenters. The average molecular weight is 341 g/mol. The van der Waals surface area contributed by atoms with Gasteiger partial charge in [0, 0.05) is 12.6 Å². The zero-order valence-corrected chi connectivity index (χ0v) is 14.5. The van der Waals surface area contributed by atoms with Crippen molar-refractivity contribution in [3.63, 3.8) is 0 Å². The fourth-order valence-electron chi connectivity index (χ4n) is 2.29.